The molecule has 0 nitrogen and oxygen atoms in total. The first-order valence-electron chi connectivity index (χ1n) is 1.21. The standard InChI is InChI=1S/C4H7.Mg.2H/c1-4(2)3;;;/h1-2H2,3H3;;;. The van der Waals surface area contributed by atoms with Crippen LogP contribution in [0, 0.1) is 6.92 Å². The van der Waals surface area contributed by atoms with Crippen LogP contribution in [0.2, 0.25) is 0 Å². The lowest BCUT2D eigenvalue weighted by Gasteiger charge is -1.65. The van der Waals surface area contributed by atoms with Crippen molar-refractivity contribution < 1.29 is 0 Å². The van der Waals surface area contributed by atoms with E-state index in [1.165, 1.54) is 0 Å². The SMILES string of the molecule is [CH2]C(=C)C.[MgH2]. The fraction of sp³-hybridized carbons (Fsp3) is 0.250. The maximum absolute atomic E-state index is 3.44. The lowest BCUT2D eigenvalue weighted by atomic mass is 10.4. The summed E-state index contributed by atoms with van der Waals surface area (Å²) in [5, 5.41) is 0. The largest absolute Gasteiger partial charge is 0.316 e. The molecule has 0 heterocycles. The van der Waals surface area contributed by atoms with Gasteiger partial charge < -0.3 is 0 Å². The van der Waals surface area contributed by atoms with E-state index in [-0.39, 0.29) is 23.1 Å². The number of rotatable bonds is 0. The molecule has 0 saturated carbocycles. The van der Waals surface area contributed by atoms with Gasteiger partial charge in [0, 0.05) is 0 Å². The first-order chi connectivity index (χ1) is 1.73. The molecule has 0 aliphatic carbocycles. The van der Waals surface area contributed by atoms with Crippen LogP contribution < -0.4 is 0 Å². The number of hydrogen-bond acceptors (Lipinski definition) is 0. The van der Waals surface area contributed by atoms with Crippen molar-refractivity contribution in [1.29, 1.82) is 0 Å². The average Bonchev–Trinajstić information content (AvgIpc) is 0.811. The van der Waals surface area contributed by atoms with Crippen LogP contribution >= 0.6 is 0 Å². The third kappa shape index (κ3) is 110. The van der Waals surface area contributed by atoms with E-state index in [9.17, 15) is 0 Å². The molecule has 0 amide bonds. The van der Waals surface area contributed by atoms with Crippen LogP contribution in [0.5, 0.6) is 0 Å². The van der Waals surface area contributed by atoms with Crippen molar-refractivity contribution in [3.63, 3.8) is 0 Å². The van der Waals surface area contributed by atoms with Crippen molar-refractivity contribution in [2.45, 2.75) is 6.92 Å². The highest BCUT2D eigenvalue weighted by atomic mass is 24.3. The quantitative estimate of drug-likeness (QED) is 0.372. The second-order valence-corrected chi connectivity index (χ2v) is 0.957. The second-order valence-electron chi connectivity index (χ2n) is 0.957. The molecule has 0 rings (SSSR count). The molecule has 0 aromatic carbocycles. The maximum Gasteiger partial charge on any atom is 0.316 e. The minimum absolute atomic E-state index is 0. The summed E-state index contributed by atoms with van der Waals surface area (Å²) in [5.41, 5.74) is 0.917. The van der Waals surface area contributed by atoms with Gasteiger partial charge in [-0.2, -0.15) is 0 Å². The Morgan fingerprint density at radius 1 is 1.60 bits per heavy atom. The summed E-state index contributed by atoms with van der Waals surface area (Å²) in [6, 6.07) is 0. The normalized spacial score (nSPS) is 5.20. The summed E-state index contributed by atoms with van der Waals surface area (Å²) in [7, 11) is 0. The number of allylic oxidation sites excluding steroid dienone is 1. The molecule has 0 spiro atoms. The van der Waals surface area contributed by atoms with Gasteiger partial charge in [-0.15, -0.1) is 6.58 Å². The Bertz CT molecular complexity index is 26.6. The Kier molecular flexibility index (Phi) is 8.20. The zero-order valence-corrected chi connectivity index (χ0v) is 2.91. The zero-order valence-electron chi connectivity index (χ0n) is 2.91. The summed E-state index contributed by atoms with van der Waals surface area (Å²) < 4.78 is 0. The van der Waals surface area contributed by atoms with Gasteiger partial charge in [0.25, 0.3) is 0 Å². The van der Waals surface area contributed by atoms with Crippen molar-refractivity contribution >= 4 is 23.1 Å². The Labute approximate surface area is 49.4 Å². The van der Waals surface area contributed by atoms with E-state index in [1.807, 2.05) is 6.92 Å². The molecule has 0 N–H and O–H groups in total. The third-order valence-electron chi connectivity index (χ3n) is 0. The molecule has 0 saturated heterocycles. The molecule has 0 aromatic rings. The maximum atomic E-state index is 3.44. The van der Waals surface area contributed by atoms with Crippen molar-refractivity contribution in [3.8, 4) is 0 Å². The van der Waals surface area contributed by atoms with Gasteiger partial charge in [0.2, 0.25) is 0 Å². The zero-order chi connectivity index (χ0) is 3.58. The van der Waals surface area contributed by atoms with Gasteiger partial charge in [-0.1, -0.05) is 5.57 Å². The van der Waals surface area contributed by atoms with Crippen LogP contribution in [0.25, 0.3) is 0 Å². The molecule has 0 bridgehead atoms. The Morgan fingerprint density at radius 3 is 1.60 bits per heavy atom. The van der Waals surface area contributed by atoms with Gasteiger partial charge in [0.1, 0.15) is 0 Å². The van der Waals surface area contributed by atoms with Gasteiger partial charge >= 0.3 is 23.1 Å². The molecule has 0 fully saturated rings. The second kappa shape index (κ2) is 4.51. The van der Waals surface area contributed by atoms with E-state index in [4.69, 9.17) is 0 Å². The van der Waals surface area contributed by atoms with Crippen molar-refractivity contribution in [1.82, 2.24) is 0 Å². The van der Waals surface area contributed by atoms with Crippen LogP contribution in [0.1, 0.15) is 6.92 Å². The van der Waals surface area contributed by atoms with E-state index in [0.29, 0.717) is 0 Å². The minimum atomic E-state index is 0. The number of hydrogen-bond donors (Lipinski definition) is 0. The van der Waals surface area contributed by atoms with Crippen LogP contribution in [-0.2, 0) is 0 Å². The van der Waals surface area contributed by atoms with Gasteiger partial charge in [-0.25, -0.2) is 0 Å². The summed E-state index contributed by atoms with van der Waals surface area (Å²) in [6.07, 6.45) is 0. The molecule has 0 atom stereocenters. The highest BCUT2D eigenvalue weighted by Gasteiger charge is 1.52. The predicted molar refractivity (Wildman–Crippen MR) is 28.7 cm³/mol. The molecule has 0 aromatic heterocycles. The van der Waals surface area contributed by atoms with Crippen molar-refractivity contribution in [2.75, 3.05) is 0 Å². The average molecular weight is 81.4 g/mol. The Morgan fingerprint density at radius 2 is 1.60 bits per heavy atom. The first kappa shape index (κ1) is 9.09. The molecular weight excluding hydrogens is 72.3 g/mol. The van der Waals surface area contributed by atoms with Crippen LogP contribution in [0.3, 0.4) is 0 Å². The van der Waals surface area contributed by atoms with Gasteiger partial charge in [-0.3, -0.25) is 0 Å². The lowest BCUT2D eigenvalue weighted by Crippen LogP contribution is -1.44. The molecule has 5 heavy (non-hydrogen) atoms. The van der Waals surface area contributed by atoms with Crippen molar-refractivity contribution in [2.24, 2.45) is 0 Å². The lowest BCUT2D eigenvalue weighted by molar-refractivity contribution is 1.58. The fourth-order valence-corrected chi connectivity index (χ4v) is 0. The molecule has 27 valence electrons. The van der Waals surface area contributed by atoms with E-state index in [0.717, 1.165) is 5.57 Å². The highest BCUT2D eigenvalue weighted by molar-refractivity contribution is 5.75. The third-order valence-corrected chi connectivity index (χ3v) is 0. The Balaban J connectivity index is 0. The fourth-order valence-electron chi connectivity index (χ4n) is 0. The Hall–Kier alpha value is 0.506. The van der Waals surface area contributed by atoms with Gasteiger partial charge in [-0.05, 0) is 13.8 Å². The summed E-state index contributed by atoms with van der Waals surface area (Å²) in [5.74, 6) is 0. The smallest absolute Gasteiger partial charge is 0.100 e. The monoisotopic (exact) mass is 81.1 g/mol. The molecule has 0 aliphatic rings. The van der Waals surface area contributed by atoms with E-state index in [1.54, 1.807) is 0 Å². The molecule has 0 unspecified atom stereocenters. The topological polar surface area (TPSA) is 0 Å². The summed E-state index contributed by atoms with van der Waals surface area (Å²) in [6.45, 7) is 8.75. The molecule has 0 aliphatic heterocycles. The first-order valence-corrected chi connectivity index (χ1v) is 1.21. The van der Waals surface area contributed by atoms with Gasteiger partial charge in [0.05, 0.1) is 0 Å². The van der Waals surface area contributed by atoms with E-state index < -0.39 is 0 Å². The highest BCUT2D eigenvalue weighted by Crippen LogP contribution is 1.72. The summed E-state index contributed by atoms with van der Waals surface area (Å²) in [4.78, 5) is 0. The van der Waals surface area contributed by atoms with Crippen LogP contribution in [0.4, 0.5) is 0 Å². The minimum Gasteiger partial charge on any atom is -0.100 e. The van der Waals surface area contributed by atoms with Crippen LogP contribution in [0.15, 0.2) is 12.2 Å². The summed E-state index contributed by atoms with van der Waals surface area (Å²) >= 11 is 0. The van der Waals surface area contributed by atoms with Crippen molar-refractivity contribution in [3.05, 3.63) is 19.1 Å². The molecular formula is C4H9Mg. The molecule has 1 heteroatoms. The van der Waals surface area contributed by atoms with Crippen LogP contribution in [-0.4, -0.2) is 23.1 Å². The van der Waals surface area contributed by atoms with E-state index in [2.05, 4.69) is 13.5 Å². The van der Waals surface area contributed by atoms with Gasteiger partial charge in [0.15, 0.2) is 0 Å². The van der Waals surface area contributed by atoms with E-state index >= 15 is 0 Å². The molecule has 1 radical (unpaired) electrons. The predicted octanol–water partition coefficient (Wildman–Crippen LogP) is 0.480.